The number of hydrogen-bond acceptors (Lipinski definition) is 5. The van der Waals surface area contributed by atoms with Gasteiger partial charge < -0.3 is 11.1 Å². The van der Waals surface area contributed by atoms with E-state index in [0.29, 0.717) is 27.7 Å². The molecule has 1 aliphatic carbocycles. The van der Waals surface area contributed by atoms with E-state index in [1.54, 1.807) is 30.2 Å². The maximum atomic E-state index is 14.6. The lowest BCUT2D eigenvalue weighted by Crippen LogP contribution is -2.46. The lowest BCUT2D eigenvalue weighted by Gasteiger charge is -2.40. The van der Waals surface area contributed by atoms with Crippen LogP contribution in [0.15, 0.2) is 42.7 Å². The second-order valence-electron chi connectivity index (χ2n) is 7.72. The molecule has 0 aliphatic heterocycles. The lowest BCUT2D eigenvalue weighted by atomic mass is 9.83. The van der Waals surface area contributed by atoms with Gasteiger partial charge in [0.05, 0.1) is 9.77 Å². The molecule has 1 aliphatic rings. The Balaban J connectivity index is 1.54. The second-order valence-corrected chi connectivity index (χ2v) is 9.56. The van der Waals surface area contributed by atoms with Crippen molar-refractivity contribution >= 4 is 51.6 Å². The average molecular weight is 444 g/mol. The van der Waals surface area contributed by atoms with E-state index in [4.69, 9.17) is 22.7 Å². The Morgan fingerprint density at radius 3 is 2.83 bits per heavy atom. The predicted molar refractivity (Wildman–Crippen MR) is 124 cm³/mol. The van der Waals surface area contributed by atoms with E-state index in [1.807, 2.05) is 25.1 Å². The molecule has 8 heteroatoms. The third-order valence-corrected chi connectivity index (χ3v) is 7.67. The maximum Gasteiger partial charge on any atom is 0.156 e. The van der Waals surface area contributed by atoms with Crippen LogP contribution < -0.4 is 11.1 Å². The van der Waals surface area contributed by atoms with Gasteiger partial charge in [-0.3, -0.25) is 10.4 Å². The number of aromatic nitrogens is 2. The van der Waals surface area contributed by atoms with Gasteiger partial charge >= 0.3 is 0 Å². The molecule has 156 valence electrons. The molecule has 0 radical (unpaired) electrons. The maximum absolute atomic E-state index is 14.6. The third-order valence-electron chi connectivity index (χ3n) is 5.62. The van der Waals surface area contributed by atoms with Crippen LogP contribution in [0.25, 0.3) is 10.9 Å². The van der Waals surface area contributed by atoms with Crippen molar-refractivity contribution in [2.24, 2.45) is 5.73 Å². The molecule has 5 nitrogen and oxygen atoms in total. The number of hydrogen-bond donors (Lipinski definition) is 3. The normalized spacial score (nSPS) is 16.1. The quantitative estimate of drug-likeness (QED) is 0.314. The van der Waals surface area contributed by atoms with Gasteiger partial charge in [0, 0.05) is 29.2 Å². The molecule has 30 heavy (non-hydrogen) atoms. The average Bonchev–Trinajstić information content (AvgIpc) is 2.68. The van der Waals surface area contributed by atoms with Crippen LogP contribution in [-0.2, 0) is 0 Å². The van der Waals surface area contributed by atoms with Crippen molar-refractivity contribution in [1.82, 2.24) is 9.97 Å². The smallest absolute Gasteiger partial charge is 0.156 e. The largest absolute Gasteiger partial charge is 0.386 e. The van der Waals surface area contributed by atoms with Gasteiger partial charge in [0.1, 0.15) is 17.2 Å². The van der Waals surface area contributed by atoms with E-state index in [0.717, 1.165) is 30.3 Å². The van der Waals surface area contributed by atoms with Gasteiger partial charge in [-0.05, 0) is 61.1 Å². The Labute approximate surface area is 184 Å². The molecule has 4 rings (SSSR count). The highest BCUT2D eigenvalue weighted by molar-refractivity contribution is 8.01. The Kier molecular flexibility index (Phi) is 5.84. The first-order valence-corrected chi connectivity index (χ1v) is 11.2. The van der Waals surface area contributed by atoms with Gasteiger partial charge in [-0.15, -0.1) is 11.8 Å². The van der Waals surface area contributed by atoms with Crippen LogP contribution in [-0.4, -0.2) is 26.3 Å². The van der Waals surface area contributed by atoms with Crippen LogP contribution in [0.4, 0.5) is 15.9 Å². The summed E-state index contributed by atoms with van der Waals surface area (Å²) in [7, 11) is 0. The fourth-order valence-electron chi connectivity index (χ4n) is 3.62. The lowest BCUT2D eigenvalue weighted by molar-refractivity contribution is 0.450. The zero-order valence-corrected chi connectivity index (χ0v) is 18.2. The molecule has 1 saturated carbocycles. The number of amidine groups is 1. The first-order valence-electron chi connectivity index (χ1n) is 9.83. The minimum Gasteiger partial charge on any atom is -0.386 e. The van der Waals surface area contributed by atoms with Crippen molar-refractivity contribution in [1.29, 1.82) is 5.41 Å². The summed E-state index contributed by atoms with van der Waals surface area (Å²) in [4.78, 5) is 8.76. The topological polar surface area (TPSA) is 87.7 Å². The Bertz CT molecular complexity index is 1100. The molecule has 0 bridgehead atoms. The Hall–Kier alpha value is -2.38. The SMILES string of the molecule is CC(CSC1(C(=N)N)CCC1)c1cc(Nc2nccc3cc(Cl)cnc23)ccc1F. The van der Waals surface area contributed by atoms with Gasteiger partial charge in [0.2, 0.25) is 0 Å². The van der Waals surface area contributed by atoms with Crippen molar-refractivity contribution in [2.75, 3.05) is 11.1 Å². The molecule has 0 amide bonds. The zero-order chi connectivity index (χ0) is 21.3. The first-order chi connectivity index (χ1) is 14.4. The fourth-order valence-corrected chi connectivity index (χ4v) is 5.27. The summed E-state index contributed by atoms with van der Waals surface area (Å²) in [5.41, 5.74) is 7.88. The molecular weight excluding hydrogens is 421 g/mol. The van der Waals surface area contributed by atoms with Crippen LogP contribution in [0.1, 0.15) is 37.7 Å². The van der Waals surface area contributed by atoms with E-state index in [9.17, 15) is 4.39 Å². The van der Waals surface area contributed by atoms with Crippen molar-refractivity contribution < 1.29 is 4.39 Å². The number of thioether (sulfide) groups is 1. The summed E-state index contributed by atoms with van der Waals surface area (Å²) in [6, 6.07) is 8.66. The van der Waals surface area contributed by atoms with Crippen molar-refractivity contribution in [2.45, 2.75) is 36.9 Å². The summed E-state index contributed by atoms with van der Waals surface area (Å²) in [5, 5.41) is 12.6. The fraction of sp³-hybridized carbons (Fsp3) is 0.318. The molecule has 2 aromatic heterocycles. The predicted octanol–water partition coefficient (Wildman–Crippen LogP) is 5.86. The summed E-state index contributed by atoms with van der Waals surface area (Å²) in [5.74, 6) is 1.26. The van der Waals surface area contributed by atoms with Gasteiger partial charge in [-0.1, -0.05) is 18.5 Å². The van der Waals surface area contributed by atoms with E-state index < -0.39 is 0 Å². The molecule has 1 unspecified atom stereocenters. The number of nitrogens with two attached hydrogens (primary N) is 1. The summed E-state index contributed by atoms with van der Waals surface area (Å²) in [6.45, 7) is 2.00. The summed E-state index contributed by atoms with van der Waals surface area (Å²) < 4.78 is 14.3. The molecule has 4 N–H and O–H groups in total. The third kappa shape index (κ3) is 4.09. The summed E-state index contributed by atoms with van der Waals surface area (Å²) >= 11 is 7.70. The van der Waals surface area contributed by atoms with Gasteiger partial charge in [-0.2, -0.15) is 0 Å². The number of halogens is 2. The minimum atomic E-state index is -0.263. The van der Waals surface area contributed by atoms with E-state index in [1.165, 1.54) is 6.07 Å². The van der Waals surface area contributed by atoms with Crippen LogP contribution in [0, 0.1) is 11.2 Å². The first kappa shape index (κ1) is 20.9. The Morgan fingerprint density at radius 2 is 2.13 bits per heavy atom. The number of fused-ring (bicyclic) bond motifs is 1. The number of anilines is 2. The molecule has 0 saturated heterocycles. The molecule has 0 spiro atoms. The standard InChI is InChI=1S/C22H23ClFN5S/c1-13(12-30-22(21(25)26)6-2-7-22)17-10-16(3-4-18(17)24)29-20-19-14(5-8-27-20)9-15(23)11-28-19/h3-5,8-11,13H,2,6-7,12H2,1H3,(H3,25,26)(H,27,29). The minimum absolute atomic E-state index is 0.0222. The monoisotopic (exact) mass is 443 g/mol. The van der Waals surface area contributed by atoms with Crippen LogP contribution >= 0.6 is 23.4 Å². The van der Waals surface area contributed by atoms with Crippen LogP contribution in [0.3, 0.4) is 0 Å². The highest BCUT2D eigenvalue weighted by Crippen LogP contribution is 2.45. The van der Waals surface area contributed by atoms with E-state index in [2.05, 4.69) is 15.3 Å². The highest BCUT2D eigenvalue weighted by Gasteiger charge is 2.41. The Morgan fingerprint density at radius 1 is 1.33 bits per heavy atom. The second kappa shape index (κ2) is 8.40. The van der Waals surface area contributed by atoms with Crippen molar-refractivity contribution in [3.8, 4) is 0 Å². The van der Waals surface area contributed by atoms with E-state index in [-0.39, 0.29) is 22.3 Å². The van der Waals surface area contributed by atoms with Crippen LogP contribution in [0.5, 0.6) is 0 Å². The van der Waals surface area contributed by atoms with Gasteiger partial charge in [0.15, 0.2) is 5.82 Å². The molecule has 1 fully saturated rings. The molecule has 2 heterocycles. The summed E-state index contributed by atoms with van der Waals surface area (Å²) in [6.07, 6.45) is 6.21. The number of nitrogens with zero attached hydrogens (tertiary/aromatic N) is 2. The van der Waals surface area contributed by atoms with E-state index >= 15 is 0 Å². The number of pyridine rings is 2. The van der Waals surface area contributed by atoms with Crippen molar-refractivity contribution in [3.05, 3.63) is 59.1 Å². The molecule has 1 atom stereocenters. The highest BCUT2D eigenvalue weighted by atomic mass is 35.5. The van der Waals surface area contributed by atoms with Crippen LogP contribution in [0.2, 0.25) is 5.02 Å². The molecule has 1 aromatic carbocycles. The molecular formula is C22H23ClFN5S. The molecule has 3 aromatic rings. The number of nitrogens with one attached hydrogen (secondary N) is 2. The van der Waals surface area contributed by atoms with Gasteiger partial charge in [0.25, 0.3) is 0 Å². The zero-order valence-electron chi connectivity index (χ0n) is 16.6. The van der Waals surface area contributed by atoms with Crippen molar-refractivity contribution in [3.63, 3.8) is 0 Å². The number of rotatable bonds is 7. The number of benzene rings is 1. The van der Waals surface area contributed by atoms with Gasteiger partial charge in [-0.25, -0.2) is 9.37 Å².